The number of thiophene rings is 1. The summed E-state index contributed by atoms with van der Waals surface area (Å²) in [5, 5.41) is 20.8. The van der Waals surface area contributed by atoms with Crippen LogP contribution < -0.4 is 5.73 Å². The molecule has 0 bridgehead atoms. The highest BCUT2D eigenvalue weighted by molar-refractivity contribution is 7.10. The van der Waals surface area contributed by atoms with E-state index >= 15 is 0 Å². The molecule has 0 aliphatic rings. The molecule has 3 nitrogen and oxygen atoms in total. The number of aliphatic hydroxyl groups is 2. The van der Waals surface area contributed by atoms with Gasteiger partial charge in [-0.05, 0) is 12.5 Å². The first-order chi connectivity index (χ1) is 11.2. The lowest BCUT2D eigenvalue weighted by atomic mass is 10.1. The number of aliphatic hydroxyl groups excluding tert-OH is 2. The average Bonchev–Trinajstić information content (AvgIpc) is 3.04. The maximum atomic E-state index is 9.93. The fraction of sp³-hybridized carbons (Fsp3) is 0.684. The predicted octanol–water partition coefficient (Wildman–Crippen LogP) is 3.98. The van der Waals surface area contributed by atoms with Crippen LogP contribution >= 0.6 is 11.3 Å². The Morgan fingerprint density at radius 1 is 1.13 bits per heavy atom. The van der Waals surface area contributed by atoms with Gasteiger partial charge in [-0.15, -0.1) is 11.3 Å². The Morgan fingerprint density at radius 3 is 2.43 bits per heavy atom. The Kier molecular flexibility index (Phi) is 11.0. The van der Waals surface area contributed by atoms with E-state index in [-0.39, 0.29) is 6.61 Å². The van der Waals surface area contributed by atoms with Gasteiger partial charge in [-0.3, -0.25) is 0 Å². The van der Waals surface area contributed by atoms with Crippen LogP contribution in [0.1, 0.15) is 81.3 Å². The van der Waals surface area contributed by atoms with Crippen molar-refractivity contribution in [2.75, 3.05) is 6.61 Å². The van der Waals surface area contributed by atoms with E-state index in [1.54, 1.807) is 0 Å². The normalized spacial score (nSPS) is 13.4. The van der Waals surface area contributed by atoms with Crippen LogP contribution in [0.4, 0.5) is 0 Å². The van der Waals surface area contributed by atoms with E-state index < -0.39 is 12.1 Å². The zero-order valence-corrected chi connectivity index (χ0v) is 15.1. The SMILES string of the molecule is CCCCCCCCCCC#Cc1csc([C@@H](O)[C@@H](N)CO)c1. The van der Waals surface area contributed by atoms with Crippen LogP contribution in [0.15, 0.2) is 11.4 Å². The summed E-state index contributed by atoms with van der Waals surface area (Å²) in [5.74, 6) is 6.34. The molecule has 1 aromatic heterocycles. The summed E-state index contributed by atoms with van der Waals surface area (Å²) in [6.07, 6.45) is 10.6. The first-order valence-corrected chi connectivity index (χ1v) is 9.68. The van der Waals surface area contributed by atoms with Gasteiger partial charge in [0.2, 0.25) is 0 Å². The van der Waals surface area contributed by atoms with Crippen molar-refractivity contribution in [3.8, 4) is 11.8 Å². The molecule has 4 heteroatoms. The van der Waals surface area contributed by atoms with Crippen LogP contribution in [-0.2, 0) is 0 Å². The van der Waals surface area contributed by atoms with Crippen molar-refractivity contribution < 1.29 is 10.2 Å². The molecular weight excluding hydrogens is 306 g/mol. The molecule has 0 unspecified atom stereocenters. The van der Waals surface area contributed by atoms with Crippen LogP contribution in [-0.4, -0.2) is 22.9 Å². The van der Waals surface area contributed by atoms with E-state index in [1.165, 1.54) is 56.3 Å². The Balaban J connectivity index is 2.18. The fourth-order valence-corrected chi connectivity index (χ4v) is 3.30. The number of hydrogen-bond acceptors (Lipinski definition) is 4. The first-order valence-electron chi connectivity index (χ1n) is 8.80. The molecule has 1 heterocycles. The van der Waals surface area contributed by atoms with Gasteiger partial charge in [0.15, 0.2) is 0 Å². The van der Waals surface area contributed by atoms with Gasteiger partial charge in [0.1, 0.15) is 6.10 Å². The summed E-state index contributed by atoms with van der Waals surface area (Å²) >= 11 is 1.44. The molecule has 23 heavy (non-hydrogen) atoms. The van der Waals surface area contributed by atoms with Crippen molar-refractivity contribution in [2.45, 2.75) is 76.9 Å². The topological polar surface area (TPSA) is 66.5 Å². The first kappa shape index (κ1) is 20.2. The van der Waals surface area contributed by atoms with E-state index in [1.807, 2.05) is 11.4 Å². The molecule has 0 aliphatic carbocycles. The molecule has 130 valence electrons. The number of rotatable bonds is 11. The third-order valence-corrected chi connectivity index (χ3v) is 4.92. The monoisotopic (exact) mass is 337 g/mol. The second kappa shape index (κ2) is 12.5. The van der Waals surface area contributed by atoms with Gasteiger partial charge in [-0.2, -0.15) is 0 Å². The van der Waals surface area contributed by atoms with Crippen molar-refractivity contribution in [3.63, 3.8) is 0 Å². The van der Waals surface area contributed by atoms with Gasteiger partial charge in [0.25, 0.3) is 0 Å². The maximum Gasteiger partial charge on any atom is 0.105 e. The Hall–Kier alpha value is -0.860. The smallest absolute Gasteiger partial charge is 0.105 e. The zero-order chi connectivity index (χ0) is 16.9. The van der Waals surface area contributed by atoms with Crippen molar-refractivity contribution >= 4 is 11.3 Å². The molecule has 0 radical (unpaired) electrons. The number of hydrogen-bond donors (Lipinski definition) is 3. The second-order valence-electron chi connectivity index (χ2n) is 6.06. The minimum absolute atomic E-state index is 0.224. The minimum Gasteiger partial charge on any atom is -0.395 e. The highest BCUT2D eigenvalue weighted by Crippen LogP contribution is 2.23. The summed E-state index contributed by atoms with van der Waals surface area (Å²) < 4.78 is 0. The molecule has 0 amide bonds. The van der Waals surface area contributed by atoms with Gasteiger partial charge in [-0.25, -0.2) is 0 Å². The van der Waals surface area contributed by atoms with E-state index in [4.69, 9.17) is 10.8 Å². The molecule has 0 spiro atoms. The van der Waals surface area contributed by atoms with E-state index in [2.05, 4.69) is 18.8 Å². The van der Waals surface area contributed by atoms with Crippen molar-refractivity contribution in [1.82, 2.24) is 0 Å². The lowest BCUT2D eigenvalue weighted by molar-refractivity contribution is 0.112. The molecule has 1 aromatic rings. The van der Waals surface area contributed by atoms with E-state index in [0.29, 0.717) is 0 Å². The summed E-state index contributed by atoms with van der Waals surface area (Å²) in [4.78, 5) is 0.767. The molecule has 4 N–H and O–H groups in total. The van der Waals surface area contributed by atoms with Crippen molar-refractivity contribution in [1.29, 1.82) is 0 Å². The standard InChI is InChI=1S/C19H31NO2S/c1-2-3-4-5-6-7-8-9-10-11-12-16-13-18(23-15-16)19(22)17(20)14-21/h13,15,17,19,21-22H,2-10,14,20H2,1H3/t17-,19-/m0/s1. The second-order valence-corrected chi connectivity index (χ2v) is 7.00. The fourth-order valence-electron chi connectivity index (χ4n) is 2.40. The summed E-state index contributed by atoms with van der Waals surface area (Å²) in [6.45, 7) is 2.02. The Morgan fingerprint density at radius 2 is 1.78 bits per heavy atom. The predicted molar refractivity (Wildman–Crippen MR) is 98.4 cm³/mol. The van der Waals surface area contributed by atoms with Crippen molar-refractivity contribution in [2.24, 2.45) is 5.73 Å². The lowest BCUT2D eigenvalue weighted by Crippen LogP contribution is -2.31. The molecule has 0 aliphatic heterocycles. The molecule has 1 rings (SSSR count). The molecule has 0 fully saturated rings. The van der Waals surface area contributed by atoms with Gasteiger partial charge in [0, 0.05) is 22.2 Å². The number of nitrogens with two attached hydrogens (primary N) is 1. The summed E-state index contributed by atoms with van der Waals surface area (Å²) in [7, 11) is 0. The quantitative estimate of drug-likeness (QED) is 0.422. The summed E-state index contributed by atoms with van der Waals surface area (Å²) in [5.41, 5.74) is 6.56. The van der Waals surface area contributed by atoms with E-state index in [9.17, 15) is 5.11 Å². The molecule has 0 aromatic carbocycles. The Labute approximate surface area is 144 Å². The van der Waals surface area contributed by atoms with Gasteiger partial charge >= 0.3 is 0 Å². The van der Waals surface area contributed by atoms with Crippen molar-refractivity contribution in [3.05, 3.63) is 21.9 Å². The van der Waals surface area contributed by atoms with Crippen LogP contribution in [0.25, 0.3) is 0 Å². The van der Waals surface area contributed by atoms with Crippen LogP contribution in [0, 0.1) is 11.8 Å². The van der Waals surface area contributed by atoms with Gasteiger partial charge in [0.05, 0.1) is 12.6 Å². The maximum absolute atomic E-state index is 9.93. The molecule has 0 saturated carbocycles. The third kappa shape index (κ3) is 8.53. The lowest BCUT2D eigenvalue weighted by Gasteiger charge is -2.14. The number of unbranched alkanes of at least 4 members (excludes halogenated alkanes) is 8. The van der Waals surface area contributed by atoms with Gasteiger partial charge < -0.3 is 15.9 Å². The summed E-state index contributed by atoms with van der Waals surface area (Å²) in [6, 6.07) is 1.23. The molecule has 2 atom stereocenters. The zero-order valence-electron chi connectivity index (χ0n) is 14.3. The Bertz CT molecular complexity index is 475. The average molecular weight is 338 g/mol. The molecular formula is C19H31NO2S. The van der Waals surface area contributed by atoms with Crippen LogP contribution in [0.2, 0.25) is 0 Å². The minimum atomic E-state index is -0.812. The third-order valence-electron chi connectivity index (χ3n) is 3.92. The van der Waals surface area contributed by atoms with Crippen LogP contribution in [0.5, 0.6) is 0 Å². The highest BCUT2D eigenvalue weighted by atomic mass is 32.1. The highest BCUT2D eigenvalue weighted by Gasteiger charge is 2.17. The largest absolute Gasteiger partial charge is 0.395 e. The molecule has 0 saturated heterocycles. The van der Waals surface area contributed by atoms with E-state index in [0.717, 1.165) is 23.3 Å². The van der Waals surface area contributed by atoms with Crippen LogP contribution in [0.3, 0.4) is 0 Å². The van der Waals surface area contributed by atoms with Gasteiger partial charge in [-0.1, -0.05) is 63.7 Å².